The minimum Gasteiger partial charge on any atom is -0.462 e. The van der Waals surface area contributed by atoms with E-state index < -0.39 is 0 Å². The van der Waals surface area contributed by atoms with Crippen LogP contribution in [-0.4, -0.2) is 18.6 Å². The average Bonchev–Trinajstić information content (AvgIpc) is 2.21. The monoisotopic (exact) mass is 241 g/mol. The second kappa shape index (κ2) is 5.85. The molecule has 0 aromatic rings. The number of rotatable bonds is 4. The molecule has 0 bridgehead atoms. The van der Waals surface area contributed by atoms with Crippen LogP contribution in [0.25, 0.3) is 0 Å². The van der Waals surface area contributed by atoms with Crippen LogP contribution in [0.3, 0.4) is 0 Å². The molecule has 0 saturated heterocycles. The van der Waals surface area contributed by atoms with Gasteiger partial charge >= 0.3 is 5.97 Å². The second-order valence-corrected chi connectivity index (χ2v) is 6.39. The van der Waals surface area contributed by atoms with E-state index in [0.717, 1.165) is 25.7 Å². The third kappa shape index (κ3) is 4.30. The molecule has 1 aliphatic rings. The maximum atomic E-state index is 11.9. The summed E-state index contributed by atoms with van der Waals surface area (Å²) in [5.41, 5.74) is 6.03. The average molecular weight is 241 g/mol. The minimum atomic E-state index is -0.148. The van der Waals surface area contributed by atoms with Crippen molar-refractivity contribution < 1.29 is 9.53 Å². The Balaban J connectivity index is 2.42. The Kier molecular flexibility index (Phi) is 4.99. The first kappa shape index (κ1) is 14.5. The minimum absolute atomic E-state index is 0.104. The number of nitrogens with two attached hydrogens (primary N) is 1. The quantitative estimate of drug-likeness (QED) is 0.770. The third-order valence-electron chi connectivity index (χ3n) is 3.93. The molecule has 2 N–H and O–H groups in total. The van der Waals surface area contributed by atoms with Crippen LogP contribution < -0.4 is 5.73 Å². The predicted molar refractivity (Wildman–Crippen MR) is 69.5 cm³/mol. The van der Waals surface area contributed by atoms with Gasteiger partial charge in [0, 0.05) is 6.54 Å². The maximum Gasteiger partial charge on any atom is 0.310 e. The van der Waals surface area contributed by atoms with Gasteiger partial charge < -0.3 is 10.5 Å². The molecule has 0 heterocycles. The molecule has 3 nitrogen and oxygen atoms in total. The second-order valence-electron chi connectivity index (χ2n) is 6.39. The van der Waals surface area contributed by atoms with E-state index in [-0.39, 0.29) is 23.9 Å². The van der Waals surface area contributed by atoms with Crippen LogP contribution >= 0.6 is 0 Å². The third-order valence-corrected chi connectivity index (χ3v) is 3.93. The first-order valence-corrected chi connectivity index (χ1v) is 6.76. The van der Waals surface area contributed by atoms with Crippen LogP contribution in [0.4, 0.5) is 0 Å². The van der Waals surface area contributed by atoms with Crippen LogP contribution in [0.15, 0.2) is 0 Å². The van der Waals surface area contributed by atoms with E-state index in [0.29, 0.717) is 12.0 Å². The molecule has 1 saturated carbocycles. The molecule has 0 aromatic carbocycles. The van der Waals surface area contributed by atoms with Gasteiger partial charge in [0.05, 0.1) is 5.92 Å². The zero-order valence-corrected chi connectivity index (χ0v) is 11.7. The summed E-state index contributed by atoms with van der Waals surface area (Å²) in [6.45, 7) is 8.98. The molecule has 3 heteroatoms. The number of carbonyl (C=O) groups excluding carboxylic acids is 1. The van der Waals surface area contributed by atoms with Gasteiger partial charge in [0.2, 0.25) is 0 Å². The van der Waals surface area contributed by atoms with Gasteiger partial charge in [0.25, 0.3) is 0 Å². The van der Waals surface area contributed by atoms with E-state index in [9.17, 15) is 4.79 Å². The van der Waals surface area contributed by atoms with Crippen molar-refractivity contribution in [2.45, 2.75) is 59.5 Å². The Morgan fingerprint density at radius 3 is 2.29 bits per heavy atom. The summed E-state index contributed by atoms with van der Waals surface area (Å²) in [5.74, 6) is 0.00433. The van der Waals surface area contributed by atoms with Gasteiger partial charge in [-0.1, -0.05) is 27.7 Å². The SMILES string of the molecule is CC(C)C(CN)C(=O)OC1CCC(C)(C)CC1. The summed E-state index contributed by atoms with van der Waals surface area (Å²) < 4.78 is 5.58. The smallest absolute Gasteiger partial charge is 0.310 e. The van der Waals surface area contributed by atoms with Crippen molar-refractivity contribution in [2.75, 3.05) is 6.54 Å². The summed E-state index contributed by atoms with van der Waals surface area (Å²) in [7, 11) is 0. The molecule has 1 unspecified atom stereocenters. The zero-order valence-electron chi connectivity index (χ0n) is 11.7. The zero-order chi connectivity index (χ0) is 13.1. The highest BCUT2D eigenvalue weighted by atomic mass is 16.5. The summed E-state index contributed by atoms with van der Waals surface area (Å²) in [6, 6.07) is 0. The van der Waals surface area contributed by atoms with E-state index in [1.54, 1.807) is 0 Å². The molecule has 1 rings (SSSR count). The van der Waals surface area contributed by atoms with Gasteiger partial charge in [-0.2, -0.15) is 0 Å². The molecule has 0 amide bonds. The van der Waals surface area contributed by atoms with Gasteiger partial charge in [-0.25, -0.2) is 0 Å². The van der Waals surface area contributed by atoms with E-state index in [4.69, 9.17) is 10.5 Å². The normalized spacial score (nSPS) is 22.5. The molecule has 0 aromatic heterocycles. The molecule has 1 atom stereocenters. The molecule has 17 heavy (non-hydrogen) atoms. The van der Waals surface area contributed by atoms with Crippen LogP contribution in [0, 0.1) is 17.3 Å². The molecule has 1 aliphatic carbocycles. The van der Waals surface area contributed by atoms with Crippen LogP contribution in [0.2, 0.25) is 0 Å². The van der Waals surface area contributed by atoms with Gasteiger partial charge in [-0.3, -0.25) is 4.79 Å². The Labute approximate surface area is 105 Å². The van der Waals surface area contributed by atoms with Crippen molar-refractivity contribution in [3.63, 3.8) is 0 Å². The summed E-state index contributed by atoms with van der Waals surface area (Å²) in [5, 5.41) is 0. The lowest BCUT2D eigenvalue weighted by Crippen LogP contribution is -2.35. The highest BCUT2D eigenvalue weighted by Crippen LogP contribution is 2.36. The highest BCUT2D eigenvalue weighted by Gasteiger charge is 2.31. The molecule has 0 aliphatic heterocycles. The van der Waals surface area contributed by atoms with E-state index in [1.807, 2.05) is 13.8 Å². The molecule has 100 valence electrons. The Hall–Kier alpha value is -0.570. The largest absolute Gasteiger partial charge is 0.462 e. The fraction of sp³-hybridized carbons (Fsp3) is 0.929. The molecule has 0 radical (unpaired) electrons. The van der Waals surface area contributed by atoms with E-state index in [2.05, 4.69) is 13.8 Å². The number of hydrogen-bond acceptors (Lipinski definition) is 3. The molecule has 1 fully saturated rings. The number of carbonyl (C=O) groups is 1. The lowest BCUT2D eigenvalue weighted by atomic mass is 9.76. The van der Waals surface area contributed by atoms with Gasteiger partial charge in [0.1, 0.15) is 6.10 Å². The number of esters is 1. The topological polar surface area (TPSA) is 52.3 Å². The lowest BCUT2D eigenvalue weighted by molar-refractivity contribution is -0.157. The van der Waals surface area contributed by atoms with Gasteiger partial charge in [0.15, 0.2) is 0 Å². The van der Waals surface area contributed by atoms with Crippen molar-refractivity contribution in [2.24, 2.45) is 23.0 Å². The van der Waals surface area contributed by atoms with Crippen molar-refractivity contribution >= 4 is 5.97 Å². The lowest BCUT2D eigenvalue weighted by Gasteiger charge is -2.34. The van der Waals surface area contributed by atoms with Crippen LogP contribution in [-0.2, 0) is 9.53 Å². The predicted octanol–water partition coefficient (Wildman–Crippen LogP) is 2.73. The molecular formula is C14H27NO2. The Morgan fingerprint density at radius 1 is 1.35 bits per heavy atom. The highest BCUT2D eigenvalue weighted by molar-refractivity contribution is 5.73. The summed E-state index contributed by atoms with van der Waals surface area (Å²) in [4.78, 5) is 11.9. The number of ether oxygens (including phenoxy) is 1. The molecular weight excluding hydrogens is 214 g/mol. The summed E-state index contributed by atoms with van der Waals surface area (Å²) in [6.07, 6.45) is 4.38. The van der Waals surface area contributed by atoms with Gasteiger partial charge in [-0.15, -0.1) is 0 Å². The van der Waals surface area contributed by atoms with Crippen LogP contribution in [0.1, 0.15) is 53.4 Å². The van der Waals surface area contributed by atoms with Crippen molar-refractivity contribution in [1.82, 2.24) is 0 Å². The Morgan fingerprint density at radius 2 is 1.88 bits per heavy atom. The van der Waals surface area contributed by atoms with Crippen molar-refractivity contribution in [3.05, 3.63) is 0 Å². The standard InChI is InChI=1S/C14H27NO2/c1-10(2)12(9-15)13(16)17-11-5-7-14(3,4)8-6-11/h10-12H,5-9,15H2,1-4H3. The van der Waals surface area contributed by atoms with Crippen molar-refractivity contribution in [1.29, 1.82) is 0 Å². The van der Waals surface area contributed by atoms with E-state index in [1.165, 1.54) is 0 Å². The maximum absolute atomic E-state index is 11.9. The molecule has 0 spiro atoms. The fourth-order valence-corrected chi connectivity index (χ4v) is 2.38. The first-order chi connectivity index (χ1) is 7.85. The fourth-order valence-electron chi connectivity index (χ4n) is 2.38. The van der Waals surface area contributed by atoms with Crippen LogP contribution in [0.5, 0.6) is 0 Å². The van der Waals surface area contributed by atoms with Crippen molar-refractivity contribution in [3.8, 4) is 0 Å². The van der Waals surface area contributed by atoms with E-state index >= 15 is 0 Å². The van der Waals surface area contributed by atoms with Gasteiger partial charge in [-0.05, 0) is 37.0 Å². The number of hydrogen-bond donors (Lipinski definition) is 1. The Bertz CT molecular complexity index is 251. The summed E-state index contributed by atoms with van der Waals surface area (Å²) >= 11 is 0. The first-order valence-electron chi connectivity index (χ1n) is 6.76.